The molecule has 1 heterocycles. The summed E-state index contributed by atoms with van der Waals surface area (Å²) in [6, 6.07) is 8.06. The summed E-state index contributed by atoms with van der Waals surface area (Å²) in [6.07, 6.45) is 2.02. The minimum absolute atomic E-state index is 0.122. The van der Waals surface area contributed by atoms with Crippen LogP contribution in [0.3, 0.4) is 0 Å². The minimum Gasteiger partial charge on any atom is -0.310 e. The van der Waals surface area contributed by atoms with E-state index in [4.69, 9.17) is 0 Å². The van der Waals surface area contributed by atoms with Crippen LogP contribution in [0.1, 0.15) is 18.9 Å². The summed E-state index contributed by atoms with van der Waals surface area (Å²) < 4.78 is 0. The highest BCUT2D eigenvalue weighted by molar-refractivity contribution is 5.98. The lowest BCUT2D eigenvalue weighted by Gasteiger charge is -2.22. The number of benzene rings is 1. The van der Waals surface area contributed by atoms with Crippen LogP contribution in [0, 0.1) is 0 Å². The average Bonchev–Trinajstić information content (AvgIpc) is 2.86. The molecule has 0 bridgehead atoms. The number of carbonyl (C=O) groups is 1. The SMILES string of the molecule is C[C@H](NCCCN(C)C)C(=O)N1CCc2ccccc21. The van der Waals surface area contributed by atoms with E-state index in [1.807, 2.05) is 30.0 Å². The van der Waals surface area contributed by atoms with Crippen LogP contribution >= 0.6 is 0 Å². The molecule has 110 valence electrons. The second kappa shape index (κ2) is 6.86. The molecule has 0 aliphatic carbocycles. The molecule has 1 aromatic rings. The molecule has 1 aliphatic rings. The number of para-hydroxylation sites is 1. The Balaban J connectivity index is 1.86. The maximum atomic E-state index is 12.5. The van der Waals surface area contributed by atoms with Crippen molar-refractivity contribution in [2.24, 2.45) is 0 Å². The fourth-order valence-corrected chi connectivity index (χ4v) is 2.60. The van der Waals surface area contributed by atoms with Crippen molar-refractivity contribution in [2.45, 2.75) is 25.8 Å². The van der Waals surface area contributed by atoms with Crippen molar-refractivity contribution in [3.8, 4) is 0 Å². The number of hydrogen-bond acceptors (Lipinski definition) is 3. The third kappa shape index (κ3) is 3.58. The predicted molar refractivity (Wildman–Crippen MR) is 83.1 cm³/mol. The Morgan fingerprint density at radius 2 is 2.15 bits per heavy atom. The van der Waals surface area contributed by atoms with Gasteiger partial charge in [-0.1, -0.05) is 18.2 Å². The van der Waals surface area contributed by atoms with Crippen molar-refractivity contribution in [1.29, 1.82) is 0 Å². The van der Waals surface area contributed by atoms with Crippen molar-refractivity contribution in [3.63, 3.8) is 0 Å². The molecule has 1 aliphatic heterocycles. The molecule has 1 atom stereocenters. The molecule has 0 radical (unpaired) electrons. The summed E-state index contributed by atoms with van der Waals surface area (Å²) in [5, 5.41) is 3.33. The molecule has 0 aromatic heterocycles. The molecule has 1 amide bonds. The first-order valence-corrected chi connectivity index (χ1v) is 7.37. The minimum atomic E-state index is -0.122. The summed E-state index contributed by atoms with van der Waals surface area (Å²) in [6.45, 7) is 4.68. The molecule has 1 N–H and O–H groups in total. The van der Waals surface area contributed by atoms with E-state index in [1.54, 1.807) is 0 Å². The van der Waals surface area contributed by atoms with Gasteiger partial charge in [-0.3, -0.25) is 4.79 Å². The highest BCUT2D eigenvalue weighted by Gasteiger charge is 2.27. The van der Waals surface area contributed by atoms with Crippen molar-refractivity contribution >= 4 is 11.6 Å². The normalized spacial score (nSPS) is 15.5. The summed E-state index contributed by atoms with van der Waals surface area (Å²) >= 11 is 0. The van der Waals surface area contributed by atoms with Crippen molar-refractivity contribution in [1.82, 2.24) is 10.2 Å². The fraction of sp³-hybridized carbons (Fsp3) is 0.562. The Labute approximate surface area is 121 Å². The van der Waals surface area contributed by atoms with E-state index in [2.05, 4.69) is 30.4 Å². The Morgan fingerprint density at radius 3 is 2.90 bits per heavy atom. The van der Waals surface area contributed by atoms with Gasteiger partial charge in [0.1, 0.15) is 0 Å². The zero-order chi connectivity index (χ0) is 14.5. The number of nitrogens with zero attached hydrogens (tertiary/aromatic N) is 2. The first kappa shape index (κ1) is 15.0. The molecule has 0 saturated heterocycles. The van der Waals surface area contributed by atoms with E-state index in [9.17, 15) is 4.79 Å². The van der Waals surface area contributed by atoms with Crippen molar-refractivity contribution in [2.75, 3.05) is 38.6 Å². The number of hydrogen-bond donors (Lipinski definition) is 1. The Kier molecular flexibility index (Phi) is 5.15. The smallest absolute Gasteiger partial charge is 0.243 e. The standard InChI is InChI=1S/C16H25N3O/c1-13(17-10-6-11-18(2)3)16(20)19-12-9-14-7-4-5-8-15(14)19/h4-5,7-8,13,17H,6,9-12H2,1-3H3/t13-/m0/s1. The van der Waals surface area contributed by atoms with E-state index in [-0.39, 0.29) is 11.9 Å². The highest BCUT2D eigenvalue weighted by atomic mass is 16.2. The third-order valence-electron chi connectivity index (χ3n) is 3.76. The Morgan fingerprint density at radius 1 is 1.40 bits per heavy atom. The molecule has 1 aromatic carbocycles. The molecule has 0 fully saturated rings. The van der Waals surface area contributed by atoms with Crippen LogP contribution in [0.25, 0.3) is 0 Å². The molecular formula is C16H25N3O. The van der Waals surface area contributed by atoms with E-state index in [1.165, 1.54) is 5.56 Å². The maximum absolute atomic E-state index is 12.5. The van der Waals surface area contributed by atoms with E-state index in [0.29, 0.717) is 0 Å². The molecule has 0 saturated carbocycles. The largest absolute Gasteiger partial charge is 0.310 e. The second-order valence-electron chi connectivity index (χ2n) is 5.70. The van der Waals surface area contributed by atoms with Gasteiger partial charge in [-0.2, -0.15) is 0 Å². The van der Waals surface area contributed by atoms with Gasteiger partial charge in [0.25, 0.3) is 0 Å². The number of anilines is 1. The number of carbonyl (C=O) groups excluding carboxylic acids is 1. The zero-order valence-corrected chi connectivity index (χ0v) is 12.7. The molecule has 0 spiro atoms. The third-order valence-corrected chi connectivity index (χ3v) is 3.76. The van der Waals surface area contributed by atoms with Crippen LogP contribution in [0.2, 0.25) is 0 Å². The molecule has 20 heavy (non-hydrogen) atoms. The summed E-state index contributed by atoms with van der Waals surface area (Å²) in [7, 11) is 4.13. The Bertz CT molecular complexity index is 459. The quantitative estimate of drug-likeness (QED) is 0.799. The van der Waals surface area contributed by atoms with Crippen LogP contribution in [-0.2, 0) is 11.2 Å². The number of amides is 1. The van der Waals surface area contributed by atoms with Gasteiger partial charge in [0.2, 0.25) is 5.91 Å². The van der Waals surface area contributed by atoms with Gasteiger partial charge in [0.15, 0.2) is 0 Å². The molecule has 4 nitrogen and oxygen atoms in total. The predicted octanol–water partition coefficient (Wildman–Crippen LogP) is 1.51. The highest BCUT2D eigenvalue weighted by Crippen LogP contribution is 2.27. The van der Waals surface area contributed by atoms with Crippen LogP contribution in [0.15, 0.2) is 24.3 Å². The molecule has 0 unspecified atom stereocenters. The lowest BCUT2D eigenvalue weighted by atomic mass is 10.2. The van der Waals surface area contributed by atoms with Gasteiger partial charge in [0, 0.05) is 12.2 Å². The van der Waals surface area contributed by atoms with Crippen LogP contribution in [0.4, 0.5) is 5.69 Å². The van der Waals surface area contributed by atoms with Crippen LogP contribution in [0.5, 0.6) is 0 Å². The average molecular weight is 275 g/mol. The summed E-state index contributed by atoms with van der Waals surface area (Å²) in [4.78, 5) is 16.6. The molecule has 2 rings (SSSR count). The number of rotatable bonds is 6. The number of fused-ring (bicyclic) bond motifs is 1. The monoisotopic (exact) mass is 275 g/mol. The fourth-order valence-electron chi connectivity index (χ4n) is 2.60. The zero-order valence-electron chi connectivity index (χ0n) is 12.7. The van der Waals surface area contributed by atoms with Crippen LogP contribution < -0.4 is 10.2 Å². The lowest BCUT2D eigenvalue weighted by molar-refractivity contribution is -0.120. The van der Waals surface area contributed by atoms with Crippen molar-refractivity contribution < 1.29 is 4.79 Å². The first-order chi connectivity index (χ1) is 9.59. The van der Waals surface area contributed by atoms with Gasteiger partial charge in [0.05, 0.1) is 6.04 Å². The summed E-state index contributed by atoms with van der Waals surface area (Å²) in [5.74, 6) is 0.180. The van der Waals surface area contributed by atoms with Gasteiger partial charge >= 0.3 is 0 Å². The maximum Gasteiger partial charge on any atom is 0.243 e. The van der Waals surface area contributed by atoms with Crippen LogP contribution in [-0.4, -0.2) is 50.6 Å². The van der Waals surface area contributed by atoms with E-state index >= 15 is 0 Å². The van der Waals surface area contributed by atoms with Gasteiger partial charge in [-0.25, -0.2) is 0 Å². The van der Waals surface area contributed by atoms with E-state index < -0.39 is 0 Å². The van der Waals surface area contributed by atoms with Gasteiger partial charge in [-0.15, -0.1) is 0 Å². The van der Waals surface area contributed by atoms with Crippen molar-refractivity contribution in [3.05, 3.63) is 29.8 Å². The second-order valence-corrected chi connectivity index (χ2v) is 5.70. The Hall–Kier alpha value is -1.39. The molecule has 4 heteroatoms. The first-order valence-electron chi connectivity index (χ1n) is 7.37. The lowest BCUT2D eigenvalue weighted by Crippen LogP contribution is -2.45. The molecular weight excluding hydrogens is 250 g/mol. The van der Waals surface area contributed by atoms with Gasteiger partial charge in [-0.05, 0) is 58.6 Å². The topological polar surface area (TPSA) is 35.6 Å². The number of nitrogens with one attached hydrogen (secondary N) is 1. The van der Waals surface area contributed by atoms with Gasteiger partial charge < -0.3 is 15.1 Å². The summed E-state index contributed by atoms with van der Waals surface area (Å²) in [5.41, 5.74) is 2.36. The van der Waals surface area contributed by atoms with E-state index in [0.717, 1.165) is 38.2 Å².